The van der Waals surface area contributed by atoms with E-state index >= 15 is 4.39 Å². The number of hydrogen-bond donors (Lipinski definition) is 3. The first-order chi connectivity index (χ1) is 28.3. The van der Waals surface area contributed by atoms with Gasteiger partial charge in [-0.1, -0.05) is 53.5 Å². The molecular weight excluding hydrogens is 798 g/mol. The normalized spacial score (nSPS) is 23.1. The van der Waals surface area contributed by atoms with Crippen molar-refractivity contribution in [3.8, 4) is 16.9 Å². The van der Waals surface area contributed by atoms with Crippen molar-refractivity contribution in [3.05, 3.63) is 92.7 Å². The molecule has 0 unspecified atom stereocenters. The number of amides is 1. The fourth-order valence-electron chi connectivity index (χ4n) is 9.75. The maximum atomic E-state index is 15.8. The number of aromatic nitrogens is 3. The molecule has 8 rings (SSSR count). The standard InChI is InChI=1S/C44H47Cl2FN6O6/c1-51-35-10-17-52(18-15-43-11-13-44(25-43,14-12-43)42(57)58)24-34(35)49-39(51)40(54)50-32-8-4-7-30(38(32)46)29-6-3-5-26(37(29)45)19-31(47)33-20-36(59-2)28(21-48-33)23-53-16-9-27(22-53)41(55)56/h3-8,19-21,27H,9-18,22-25H2,1-2H3,(H,50,54)(H,55,56)(H,57,58)/b31-19-/t27-,43?,44?/m1/s1. The number of imidazole rings is 1. The minimum absolute atomic E-state index is 0.0503. The Hall–Kier alpha value is -4.82. The zero-order chi connectivity index (χ0) is 41.6. The van der Waals surface area contributed by atoms with Gasteiger partial charge in [-0.3, -0.25) is 29.2 Å². The summed E-state index contributed by atoms with van der Waals surface area (Å²) in [6, 6.07) is 11.9. The zero-order valence-corrected chi connectivity index (χ0v) is 34.6. The van der Waals surface area contributed by atoms with E-state index in [4.69, 9.17) is 32.9 Å². The Balaban J connectivity index is 0.942. The number of rotatable bonds is 13. The van der Waals surface area contributed by atoms with Crippen LogP contribution in [0.4, 0.5) is 10.1 Å². The molecule has 0 spiro atoms. The molecule has 1 amide bonds. The number of anilines is 1. The van der Waals surface area contributed by atoms with E-state index in [1.165, 1.54) is 19.3 Å². The summed E-state index contributed by atoms with van der Waals surface area (Å²) in [5, 5.41) is 22.6. The first kappa shape index (κ1) is 40.9. The molecule has 3 N–H and O–H groups in total. The van der Waals surface area contributed by atoms with E-state index in [1.54, 1.807) is 42.6 Å². The van der Waals surface area contributed by atoms with Gasteiger partial charge in [-0.2, -0.15) is 0 Å². The number of aliphatic carboxylic acids is 2. The van der Waals surface area contributed by atoms with Gasteiger partial charge in [0.2, 0.25) is 0 Å². The first-order valence-electron chi connectivity index (χ1n) is 20.0. The average Bonchev–Trinajstić information content (AvgIpc) is 4.02. The van der Waals surface area contributed by atoms with Crippen LogP contribution in [0.2, 0.25) is 10.0 Å². The fourth-order valence-corrected chi connectivity index (χ4v) is 10.3. The molecule has 0 radical (unpaired) electrons. The van der Waals surface area contributed by atoms with Gasteiger partial charge in [0.05, 0.1) is 39.9 Å². The highest BCUT2D eigenvalue weighted by Gasteiger charge is 2.57. The number of nitrogens with zero attached hydrogens (tertiary/aromatic N) is 5. The second kappa shape index (κ2) is 16.3. The highest BCUT2D eigenvalue weighted by molar-refractivity contribution is 6.39. The van der Waals surface area contributed by atoms with E-state index in [-0.39, 0.29) is 27.0 Å². The van der Waals surface area contributed by atoms with Crippen molar-refractivity contribution in [1.82, 2.24) is 24.3 Å². The summed E-state index contributed by atoms with van der Waals surface area (Å²) in [7, 11) is 3.34. The number of benzene rings is 2. The minimum Gasteiger partial charge on any atom is -0.496 e. The molecule has 2 aromatic carbocycles. The van der Waals surface area contributed by atoms with Crippen LogP contribution < -0.4 is 10.1 Å². The number of pyridine rings is 1. The minimum atomic E-state index is -0.811. The monoisotopic (exact) mass is 844 g/mol. The Morgan fingerprint density at radius 1 is 1.03 bits per heavy atom. The molecule has 2 aliphatic carbocycles. The number of fused-ring (bicyclic) bond motifs is 3. The van der Waals surface area contributed by atoms with E-state index in [1.807, 2.05) is 16.5 Å². The van der Waals surface area contributed by atoms with Gasteiger partial charge >= 0.3 is 11.9 Å². The van der Waals surface area contributed by atoms with Crippen molar-refractivity contribution in [1.29, 1.82) is 0 Å². The van der Waals surface area contributed by atoms with Gasteiger partial charge in [0.1, 0.15) is 17.3 Å². The van der Waals surface area contributed by atoms with Crippen molar-refractivity contribution in [2.24, 2.45) is 23.8 Å². The number of carbonyl (C=O) groups is 3. The summed E-state index contributed by atoms with van der Waals surface area (Å²) in [6.45, 7) is 3.84. The molecule has 4 aromatic rings. The van der Waals surface area contributed by atoms with E-state index in [2.05, 4.69) is 15.2 Å². The number of nitrogens with one attached hydrogen (secondary N) is 1. The van der Waals surface area contributed by atoms with Gasteiger partial charge in [-0.15, -0.1) is 0 Å². The molecule has 310 valence electrons. The SMILES string of the molecule is COc1cc(/C(F)=C/c2cccc(-c3cccc(NC(=O)c4nc5c(n4C)CCN(CCC46CCC(C(=O)O)(CC4)C6)C5)c3Cl)c2Cl)ncc1CN1CC[C@@H](C(=O)O)C1. The Kier molecular flexibility index (Phi) is 11.3. The summed E-state index contributed by atoms with van der Waals surface area (Å²) in [5.41, 5.74) is 4.09. The number of halogens is 3. The predicted molar refractivity (Wildman–Crippen MR) is 223 cm³/mol. The van der Waals surface area contributed by atoms with Crippen molar-refractivity contribution in [3.63, 3.8) is 0 Å². The van der Waals surface area contributed by atoms with Crippen LogP contribution in [-0.2, 0) is 36.1 Å². The van der Waals surface area contributed by atoms with Crippen LogP contribution in [0.25, 0.3) is 23.0 Å². The van der Waals surface area contributed by atoms with Gasteiger partial charge in [0.25, 0.3) is 5.91 Å². The molecule has 15 heteroatoms. The first-order valence-corrected chi connectivity index (χ1v) is 20.8. The number of carbonyl (C=O) groups excluding carboxylic acids is 1. The summed E-state index contributed by atoms with van der Waals surface area (Å²) in [4.78, 5) is 50.6. The molecule has 4 heterocycles. The average molecular weight is 846 g/mol. The largest absolute Gasteiger partial charge is 0.496 e. The Morgan fingerprint density at radius 2 is 1.78 bits per heavy atom. The summed E-state index contributed by atoms with van der Waals surface area (Å²) in [6.07, 6.45) is 9.43. The van der Waals surface area contributed by atoms with Crippen LogP contribution in [-0.4, -0.2) is 85.7 Å². The lowest BCUT2D eigenvalue weighted by atomic mass is 9.80. The Morgan fingerprint density at radius 3 is 2.47 bits per heavy atom. The summed E-state index contributed by atoms with van der Waals surface area (Å²) < 4.78 is 23.2. The lowest BCUT2D eigenvalue weighted by Crippen LogP contribution is -2.34. The molecule has 1 atom stereocenters. The fraction of sp³-hybridized carbons (Fsp3) is 0.432. The molecular formula is C44H47Cl2FN6O6. The second-order valence-electron chi connectivity index (χ2n) is 16.7. The number of methoxy groups -OCH3 is 1. The van der Waals surface area contributed by atoms with Gasteiger partial charge < -0.3 is 24.8 Å². The predicted octanol–water partition coefficient (Wildman–Crippen LogP) is 8.21. The molecule has 1 saturated heterocycles. The third-order valence-corrected chi connectivity index (χ3v) is 14.0. The van der Waals surface area contributed by atoms with E-state index in [9.17, 15) is 24.6 Å². The number of carboxylic acid groups (broad SMARTS) is 2. The van der Waals surface area contributed by atoms with E-state index in [0.29, 0.717) is 60.7 Å². The van der Waals surface area contributed by atoms with E-state index < -0.39 is 35.0 Å². The highest BCUT2D eigenvalue weighted by Crippen LogP contribution is 2.63. The van der Waals surface area contributed by atoms with Gasteiger partial charge in [-0.25, -0.2) is 9.37 Å². The number of carboxylic acids is 2. The maximum Gasteiger partial charge on any atom is 0.309 e. The van der Waals surface area contributed by atoms with Crippen molar-refractivity contribution in [2.45, 2.75) is 64.5 Å². The zero-order valence-electron chi connectivity index (χ0n) is 33.1. The van der Waals surface area contributed by atoms with Gasteiger partial charge in [-0.05, 0) is 81.2 Å². The van der Waals surface area contributed by atoms with Crippen molar-refractivity contribution >= 4 is 58.6 Å². The van der Waals surface area contributed by atoms with Gasteiger partial charge in [0.15, 0.2) is 5.82 Å². The topological polar surface area (TPSA) is 150 Å². The Bertz CT molecular complexity index is 2360. The van der Waals surface area contributed by atoms with Crippen molar-refractivity contribution < 1.29 is 33.7 Å². The molecule has 3 fully saturated rings. The maximum absolute atomic E-state index is 15.8. The number of likely N-dealkylation sites (tertiary alicyclic amines) is 1. The molecule has 12 nitrogen and oxygen atoms in total. The van der Waals surface area contributed by atoms with Crippen LogP contribution in [0, 0.1) is 16.7 Å². The van der Waals surface area contributed by atoms with Crippen LogP contribution >= 0.6 is 23.2 Å². The Labute approximate surface area is 352 Å². The lowest BCUT2D eigenvalue weighted by Gasteiger charge is -2.32. The molecule has 2 saturated carbocycles. The molecule has 2 bridgehead atoms. The van der Waals surface area contributed by atoms with E-state index in [0.717, 1.165) is 75.0 Å². The smallest absolute Gasteiger partial charge is 0.309 e. The molecule has 4 aliphatic rings. The molecule has 2 aliphatic heterocycles. The molecule has 59 heavy (non-hydrogen) atoms. The second-order valence-corrected chi connectivity index (χ2v) is 17.4. The van der Waals surface area contributed by atoms with Crippen LogP contribution in [0.1, 0.15) is 83.8 Å². The van der Waals surface area contributed by atoms with Crippen LogP contribution in [0.3, 0.4) is 0 Å². The van der Waals surface area contributed by atoms with Crippen LogP contribution in [0.15, 0.2) is 48.7 Å². The van der Waals surface area contributed by atoms with Gasteiger partial charge in [0, 0.05) is 74.3 Å². The number of ether oxygens (including phenoxy) is 1. The molecule has 2 aromatic heterocycles. The summed E-state index contributed by atoms with van der Waals surface area (Å²) in [5.74, 6) is -2.19. The number of hydrogen-bond acceptors (Lipinski definition) is 8. The van der Waals surface area contributed by atoms with Crippen molar-refractivity contribution in [2.75, 3.05) is 38.6 Å². The quantitative estimate of drug-likeness (QED) is 0.120. The lowest BCUT2D eigenvalue weighted by molar-refractivity contribution is -0.148. The third-order valence-electron chi connectivity index (χ3n) is 13.2. The van der Waals surface area contributed by atoms with Crippen LogP contribution in [0.5, 0.6) is 5.75 Å². The summed E-state index contributed by atoms with van der Waals surface area (Å²) >= 11 is 13.9. The third kappa shape index (κ3) is 7.97. The highest BCUT2D eigenvalue weighted by atomic mass is 35.5.